The van der Waals surface area contributed by atoms with Crippen LogP contribution in [0.4, 0.5) is 4.39 Å². The zero-order valence-electron chi connectivity index (χ0n) is 16.9. The number of fused-ring (bicyclic) bond motifs is 1. The van der Waals surface area contributed by atoms with Gasteiger partial charge in [0.15, 0.2) is 0 Å². The highest BCUT2D eigenvalue weighted by Gasteiger charge is 2.11. The molecule has 0 aliphatic carbocycles. The maximum absolute atomic E-state index is 13.6. The lowest BCUT2D eigenvalue weighted by Gasteiger charge is -2.09. The number of nitrogens with zero attached hydrogens (tertiary/aromatic N) is 2. The molecule has 0 radical (unpaired) electrons. The third kappa shape index (κ3) is 5.64. The third-order valence-electron chi connectivity index (χ3n) is 4.88. The van der Waals surface area contributed by atoms with Crippen molar-refractivity contribution < 1.29 is 13.9 Å². The fraction of sp³-hybridized carbons (Fsp3) is 0.391. The topological polar surface area (TPSA) is 56.1 Å². The predicted octanol–water partition coefficient (Wildman–Crippen LogP) is 4.35. The first kappa shape index (κ1) is 21.0. The molecule has 3 aromatic rings. The molecule has 0 fully saturated rings. The van der Waals surface area contributed by atoms with E-state index in [1.165, 1.54) is 12.1 Å². The lowest BCUT2D eigenvalue weighted by Crippen LogP contribution is -2.25. The monoisotopic (exact) mass is 397 g/mol. The lowest BCUT2D eigenvalue weighted by atomic mass is 10.1. The Bertz CT molecular complexity index is 939. The molecule has 1 aromatic heterocycles. The summed E-state index contributed by atoms with van der Waals surface area (Å²) in [5.74, 6) is 0.220. The zero-order chi connectivity index (χ0) is 20.5. The van der Waals surface area contributed by atoms with Gasteiger partial charge in [0.2, 0.25) is 0 Å². The van der Waals surface area contributed by atoms with Crippen molar-refractivity contribution in [3.8, 4) is 0 Å². The first-order valence-corrected chi connectivity index (χ1v) is 10.3. The smallest absolute Gasteiger partial charge is 0.254 e. The molecule has 0 spiro atoms. The van der Waals surface area contributed by atoms with E-state index in [-0.39, 0.29) is 11.5 Å². The molecule has 29 heavy (non-hydrogen) atoms. The van der Waals surface area contributed by atoms with Crippen LogP contribution < -0.4 is 5.32 Å². The Balaban J connectivity index is 1.46. The van der Waals surface area contributed by atoms with Gasteiger partial charge in [0.05, 0.1) is 23.2 Å². The van der Waals surface area contributed by atoms with Crippen LogP contribution in [0.1, 0.15) is 42.4 Å². The Hall–Kier alpha value is -2.73. The van der Waals surface area contributed by atoms with E-state index in [4.69, 9.17) is 9.72 Å². The molecule has 0 unspecified atom stereocenters. The first-order valence-electron chi connectivity index (χ1n) is 10.3. The van der Waals surface area contributed by atoms with Crippen LogP contribution in [0.5, 0.6) is 0 Å². The van der Waals surface area contributed by atoms with E-state index < -0.39 is 5.82 Å². The molecule has 0 aliphatic rings. The van der Waals surface area contributed by atoms with E-state index in [2.05, 4.69) is 16.0 Å². The van der Waals surface area contributed by atoms with Gasteiger partial charge in [-0.2, -0.15) is 0 Å². The fourth-order valence-electron chi connectivity index (χ4n) is 3.39. The van der Waals surface area contributed by atoms with Crippen molar-refractivity contribution >= 4 is 16.9 Å². The quantitative estimate of drug-likeness (QED) is 0.489. The number of ether oxygens (including phenoxy) is 1. The summed E-state index contributed by atoms with van der Waals surface area (Å²) < 4.78 is 21.4. The first-order chi connectivity index (χ1) is 14.2. The van der Waals surface area contributed by atoms with Crippen molar-refractivity contribution in [2.75, 3.05) is 19.8 Å². The van der Waals surface area contributed by atoms with Crippen LogP contribution in [0.2, 0.25) is 0 Å². The van der Waals surface area contributed by atoms with Crippen LogP contribution in [0.3, 0.4) is 0 Å². The molecule has 0 atom stereocenters. The SMILES string of the molecule is CCOCCn1c(CCCCCNC(=O)c2ccccc2F)nc2ccccc21. The summed E-state index contributed by atoms with van der Waals surface area (Å²) >= 11 is 0. The summed E-state index contributed by atoms with van der Waals surface area (Å²) in [7, 11) is 0. The van der Waals surface area contributed by atoms with Gasteiger partial charge in [0, 0.05) is 26.1 Å². The highest BCUT2D eigenvalue weighted by atomic mass is 19.1. The summed E-state index contributed by atoms with van der Waals surface area (Å²) in [6.07, 6.45) is 3.67. The van der Waals surface area contributed by atoms with Crippen molar-refractivity contribution in [1.29, 1.82) is 0 Å². The molecule has 1 N–H and O–H groups in total. The van der Waals surface area contributed by atoms with Crippen molar-refractivity contribution in [3.05, 3.63) is 65.7 Å². The Morgan fingerprint density at radius 2 is 1.90 bits per heavy atom. The largest absolute Gasteiger partial charge is 0.380 e. The van der Waals surface area contributed by atoms with Crippen LogP contribution in [-0.4, -0.2) is 35.2 Å². The number of imidazole rings is 1. The number of carbonyl (C=O) groups excluding carboxylic acids is 1. The van der Waals surface area contributed by atoms with E-state index in [1.54, 1.807) is 12.1 Å². The molecule has 0 saturated carbocycles. The highest BCUT2D eigenvalue weighted by Crippen LogP contribution is 2.18. The van der Waals surface area contributed by atoms with Gasteiger partial charge in [-0.15, -0.1) is 0 Å². The van der Waals surface area contributed by atoms with Crippen LogP contribution in [-0.2, 0) is 17.7 Å². The average Bonchev–Trinajstić information content (AvgIpc) is 3.08. The van der Waals surface area contributed by atoms with E-state index in [0.717, 1.165) is 49.1 Å². The second-order valence-electron chi connectivity index (χ2n) is 6.91. The number of benzene rings is 2. The molecule has 154 valence electrons. The van der Waals surface area contributed by atoms with Gasteiger partial charge in [-0.1, -0.05) is 30.7 Å². The number of amides is 1. The van der Waals surface area contributed by atoms with Gasteiger partial charge < -0.3 is 14.6 Å². The number of halogens is 1. The summed E-state index contributed by atoms with van der Waals surface area (Å²) in [5, 5.41) is 2.79. The van der Waals surface area contributed by atoms with Crippen LogP contribution in [0, 0.1) is 5.82 Å². The number of hydrogen-bond donors (Lipinski definition) is 1. The number of aromatic nitrogens is 2. The van der Waals surface area contributed by atoms with E-state index >= 15 is 0 Å². The molecule has 0 saturated heterocycles. The van der Waals surface area contributed by atoms with Crippen molar-refractivity contribution in [3.63, 3.8) is 0 Å². The Labute approximate surface area is 170 Å². The number of rotatable bonds is 11. The zero-order valence-corrected chi connectivity index (χ0v) is 16.9. The normalized spacial score (nSPS) is 11.1. The minimum atomic E-state index is -0.490. The van der Waals surface area contributed by atoms with Crippen LogP contribution in [0.15, 0.2) is 48.5 Å². The molecule has 0 aliphatic heterocycles. The Kier molecular flexibility index (Phi) is 7.76. The highest BCUT2D eigenvalue weighted by molar-refractivity contribution is 5.94. The maximum Gasteiger partial charge on any atom is 0.254 e. The molecular weight excluding hydrogens is 369 g/mol. The summed E-state index contributed by atoms with van der Waals surface area (Å²) in [6, 6.07) is 14.2. The number of nitrogens with one attached hydrogen (secondary N) is 1. The number of unbranched alkanes of at least 4 members (excludes halogenated alkanes) is 2. The Morgan fingerprint density at radius 3 is 2.72 bits per heavy atom. The van der Waals surface area contributed by atoms with E-state index in [9.17, 15) is 9.18 Å². The standard InChI is InChI=1S/C23H28FN3O2/c1-2-29-17-16-27-21-13-8-7-12-20(21)26-22(27)14-4-3-9-15-25-23(28)18-10-5-6-11-19(18)24/h5-8,10-13H,2-4,9,14-17H2,1H3,(H,25,28). The van der Waals surface area contributed by atoms with Gasteiger partial charge in [-0.25, -0.2) is 9.37 Å². The maximum atomic E-state index is 13.6. The van der Waals surface area contributed by atoms with E-state index in [1.807, 2.05) is 25.1 Å². The van der Waals surface area contributed by atoms with Gasteiger partial charge >= 0.3 is 0 Å². The van der Waals surface area contributed by atoms with Crippen LogP contribution >= 0.6 is 0 Å². The third-order valence-corrected chi connectivity index (χ3v) is 4.88. The van der Waals surface area contributed by atoms with Crippen LogP contribution in [0.25, 0.3) is 11.0 Å². The molecule has 5 nitrogen and oxygen atoms in total. The molecule has 0 bridgehead atoms. The molecule has 6 heteroatoms. The molecular formula is C23H28FN3O2. The van der Waals surface area contributed by atoms with Crippen molar-refractivity contribution in [1.82, 2.24) is 14.9 Å². The number of carbonyl (C=O) groups is 1. The summed E-state index contributed by atoms with van der Waals surface area (Å²) in [5.41, 5.74) is 2.24. The summed E-state index contributed by atoms with van der Waals surface area (Å²) in [4.78, 5) is 16.8. The molecule has 1 heterocycles. The van der Waals surface area contributed by atoms with Gasteiger partial charge in [-0.05, 0) is 44.0 Å². The van der Waals surface area contributed by atoms with Crippen molar-refractivity contribution in [2.45, 2.75) is 39.2 Å². The second kappa shape index (κ2) is 10.7. The second-order valence-corrected chi connectivity index (χ2v) is 6.91. The van der Waals surface area contributed by atoms with Gasteiger partial charge in [0.25, 0.3) is 5.91 Å². The van der Waals surface area contributed by atoms with Crippen molar-refractivity contribution in [2.24, 2.45) is 0 Å². The molecule has 1 amide bonds. The number of para-hydroxylation sites is 2. The van der Waals surface area contributed by atoms with Gasteiger partial charge in [0.1, 0.15) is 11.6 Å². The lowest BCUT2D eigenvalue weighted by molar-refractivity contribution is 0.0949. The fourth-order valence-corrected chi connectivity index (χ4v) is 3.39. The average molecular weight is 397 g/mol. The minimum absolute atomic E-state index is 0.0931. The summed E-state index contributed by atoms with van der Waals surface area (Å²) in [6.45, 7) is 4.71. The Morgan fingerprint density at radius 1 is 1.10 bits per heavy atom. The van der Waals surface area contributed by atoms with E-state index in [0.29, 0.717) is 19.8 Å². The minimum Gasteiger partial charge on any atom is -0.380 e. The molecule has 2 aromatic carbocycles. The number of hydrogen-bond acceptors (Lipinski definition) is 3. The number of aryl methyl sites for hydroxylation is 1. The molecule has 3 rings (SSSR count). The predicted molar refractivity (Wildman–Crippen MR) is 113 cm³/mol. The van der Waals surface area contributed by atoms with Gasteiger partial charge in [-0.3, -0.25) is 4.79 Å².